The number of ether oxygens (including phenoxy) is 2. The highest BCUT2D eigenvalue weighted by atomic mass is 16.5. The maximum atomic E-state index is 5.48. The van der Waals surface area contributed by atoms with Crippen LogP contribution >= 0.6 is 0 Å². The van der Waals surface area contributed by atoms with E-state index >= 15 is 0 Å². The molecule has 2 heteroatoms. The molecule has 0 spiro atoms. The van der Waals surface area contributed by atoms with Crippen LogP contribution in [-0.4, -0.2) is 27.4 Å². The third-order valence-corrected chi connectivity index (χ3v) is 4.82. The molecular formula is C17H28O2. The van der Waals surface area contributed by atoms with Crippen LogP contribution in [0.5, 0.6) is 0 Å². The molecule has 2 aliphatic rings. The van der Waals surface area contributed by atoms with Gasteiger partial charge in [0.2, 0.25) is 0 Å². The van der Waals surface area contributed by atoms with Gasteiger partial charge in [-0.2, -0.15) is 0 Å². The smallest absolute Gasteiger partial charge is 0.0547 e. The molecular weight excluding hydrogens is 236 g/mol. The number of fused-ring (bicyclic) bond motifs is 1. The van der Waals surface area contributed by atoms with Crippen molar-refractivity contribution in [2.45, 2.75) is 40.0 Å². The Kier molecular flexibility index (Phi) is 4.52. The van der Waals surface area contributed by atoms with Crippen molar-refractivity contribution in [2.24, 2.45) is 17.3 Å². The summed E-state index contributed by atoms with van der Waals surface area (Å²) in [5.74, 6) is 1.42. The summed E-state index contributed by atoms with van der Waals surface area (Å²) >= 11 is 0. The first-order valence-corrected chi connectivity index (χ1v) is 7.45. The summed E-state index contributed by atoms with van der Waals surface area (Å²) in [4.78, 5) is 0. The zero-order valence-corrected chi connectivity index (χ0v) is 13.1. The molecule has 0 radical (unpaired) electrons. The third kappa shape index (κ3) is 2.66. The Labute approximate surface area is 117 Å². The second-order valence-electron chi connectivity index (χ2n) is 6.48. The van der Waals surface area contributed by atoms with E-state index in [1.165, 1.54) is 6.42 Å². The second-order valence-corrected chi connectivity index (χ2v) is 6.48. The molecule has 108 valence electrons. The van der Waals surface area contributed by atoms with Gasteiger partial charge in [-0.15, -0.1) is 0 Å². The average molecular weight is 264 g/mol. The van der Waals surface area contributed by atoms with Crippen molar-refractivity contribution in [3.8, 4) is 0 Å². The first-order chi connectivity index (χ1) is 9.06. The minimum atomic E-state index is 0.144. The van der Waals surface area contributed by atoms with E-state index in [0.29, 0.717) is 5.92 Å². The number of hydrogen-bond donors (Lipinski definition) is 0. The van der Waals surface area contributed by atoms with Crippen LogP contribution < -0.4 is 0 Å². The van der Waals surface area contributed by atoms with Crippen LogP contribution in [0.25, 0.3) is 0 Å². The van der Waals surface area contributed by atoms with Crippen molar-refractivity contribution in [1.82, 2.24) is 0 Å². The number of methoxy groups -OCH3 is 2. The topological polar surface area (TPSA) is 18.5 Å². The van der Waals surface area contributed by atoms with Gasteiger partial charge in [0.15, 0.2) is 0 Å². The van der Waals surface area contributed by atoms with Gasteiger partial charge in [-0.05, 0) is 49.2 Å². The van der Waals surface area contributed by atoms with Crippen LogP contribution in [0.2, 0.25) is 0 Å². The summed E-state index contributed by atoms with van der Waals surface area (Å²) in [5.41, 5.74) is 4.92. The summed E-state index contributed by atoms with van der Waals surface area (Å²) in [6, 6.07) is 0. The van der Waals surface area contributed by atoms with Crippen molar-refractivity contribution >= 4 is 0 Å². The minimum Gasteiger partial charge on any atom is -0.384 e. The molecule has 2 nitrogen and oxygen atoms in total. The summed E-state index contributed by atoms with van der Waals surface area (Å²) in [7, 11) is 3.60. The number of hydrogen-bond acceptors (Lipinski definition) is 2. The maximum Gasteiger partial charge on any atom is 0.0547 e. The lowest BCUT2D eigenvalue weighted by Gasteiger charge is -2.39. The maximum absolute atomic E-state index is 5.48. The molecule has 0 aliphatic heterocycles. The molecule has 0 unspecified atom stereocenters. The van der Waals surface area contributed by atoms with E-state index in [2.05, 4.69) is 26.8 Å². The normalized spacial score (nSPS) is 29.4. The van der Waals surface area contributed by atoms with Crippen molar-refractivity contribution < 1.29 is 9.47 Å². The van der Waals surface area contributed by atoms with Gasteiger partial charge in [-0.3, -0.25) is 0 Å². The molecule has 2 aliphatic carbocycles. The van der Waals surface area contributed by atoms with E-state index in [1.54, 1.807) is 30.9 Å². The van der Waals surface area contributed by atoms with E-state index in [4.69, 9.17) is 9.47 Å². The molecule has 2 rings (SSSR count). The van der Waals surface area contributed by atoms with Crippen molar-refractivity contribution in [2.75, 3.05) is 27.4 Å². The Hall–Kier alpha value is -0.600. The Balaban J connectivity index is 2.33. The minimum absolute atomic E-state index is 0.144. The molecule has 0 aromatic heterocycles. The lowest BCUT2D eigenvalue weighted by atomic mass is 9.69. The van der Waals surface area contributed by atoms with Gasteiger partial charge >= 0.3 is 0 Å². The highest BCUT2D eigenvalue weighted by Crippen LogP contribution is 2.51. The largest absolute Gasteiger partial charge is 0.384 e. The zero-order chi connectivity index (χ0) is 14.0. The molecule has 0 aromatic rings. The molecule has 0 heterocycles. The van der Waals surface area contributed by atoms with Gasteiger partial charge in [0.1, 0.15) is 0 Å². The van der Waals surface area contributed by atoms with E-state index in [1.807, 2.05) is 0 Å². The van der Waals surface area contributed by atoms with Crippen LogP contribution in [0.1, 0.15) is 40.0 Å². The lowest BCUT2D eigenvalue weighted by Crippen LogP contribution is -2.35. The predicted molar refractivity (Wildman–Crippen MR) is 79.1 cm³/mol. The number of allylic oxidation sites excluding steroid dienone is 4. The molecule has 19 heavy (non-hydrogen) atoms. The second kappa shape index (κ2) is 5.80. The summed E-state index contributed by atoms with van der Waals surface area (Å²) in [6.07, 6.45) is 5.97. The van der Waals surface area contributed by atoms with Crippen molar-refractivity contribution in [1.29, 1.82) is 0 Å². The van der Waals surface area contributed by atoms with Gasteiger partial charge in [0, 0.05) is 19.6 Å². The van der Waals surface area contributed by atoms with Crippen molar-refractivity contribution in [3.05, 3.63) is 22.8 Å². The highest BCUT2D eigenvalue weighted by molar-refractivity contribution is 5.46. The molecule has 0 saturated heterocycles. The van der Waals surface area contributed by atoms with E-state index in [9.17, 15) is 0 Å². The predicted octanol–water partition coefficient (Wildman–Crippen LogP) is 3.98. The zero-order valence-electron chi connectivity index (χ0n) is 13.1. The molecule has 0 amide bonds. The molecule has 0 fully saturated rings. The Morgan fingerprint density at radius 1 is 1.21 bits per heavy atom. The van der Waals surface area contributed by atoms with Crippen LogP contribution in [-0.2, 0) is 9.47 Å². The molecule has 0 saturated carbocycles. The Morgan fingerprint density at radius 2 is 1.84 bits per heavy atom. The first kappa shape index (κ1) is 14.8. The highest BCUT2D eigenvalue weighted by Gasteiger charge is 2.41. The number of rotatable bonds is 5. The standard InChI is InChI=1S/C17H28O2/c1-6-15-12(2)7-14-9-17(10-18-4,11-19-5)8-13(3)16(14)15/h7,12,15H,6,8-11H2,1-5H3/t12-,15+/m1/s1. The van der Waals surface area contributed by atoms with Gasteiger partial charge < -0.3 is 9.47 Å². The van der Waals surface area contributed by atoms with Crippen LogP contribution in [0, 0.1) is 17.3 Å². The van der Waals surface area contributed by atoms with Crippen LogP contribution in [0.15, 0.2) is 22.8 Å². The van der Waals surface area contributed by atoms with Gasteiger partial charge in [0.25, 0.3) is 0 Å². The molecule has 0 N–H and O–H groups in total. The van der Waals surface area contributed by atoms with Crippen LogP contribution in [0.3, 0.4) is 0 Å². The van der Waals surface area contributed by atoms with Crippen molar-refractivity contribution in [3.63, 3.8) is 0 Å². The Bertz CT molecular complexity index is 386. The molecule has 0 bridgehead atoms. The Morgan fingerprint density at radius 3 is 2.37 bits per heavy atom. The van der Waals surface area contributed by atoms with E-state index in [0.717, 1.165) is 32.0 Å². The van der Waals surface area contributed by atoms with Crippen LogP contribution in [0.4, 0.5) is 0 Å². The summed E-state index contributed by atoms with van der Waals surface area (Å²) < 4.78 is 11.0. The fourth-order valence-electron chi connectivity index (χ4n) is 4.33. The van der Waals surface area contributed by atoms with Gasteiger partial charge in [-0.1, -0.05) is 25.5 Å². The quantitative estimate of drug-likeness (QED) is 0.748. The summed E-state index contributed by atoms with van der Waals surface area (Å²) in [5, 5.41) is 0. The fraction of sp³-hybridized carbons (Fsp3) is 0.765. The van der Waals surface area contributed by atoms with E-state index < -0.39 is 0 Å². The van der Waals surface area contributed by atoms with Gasteiger partial charge in [0.05, 0.1) is 13.2 Å². The molecule has 2 atom stereocenters. The third-order valence-electron chi connectivity index (χ3n) is 4.82. The van der Waals surface area contributed by atoms with E-state index in [-0.39, 0.29) is 5.41 Å². The SMILES string of the molecule is CC[C@@H]1C2=C(C)CC(COC)(COC)CC2=C[C@H]1C. The van der Waals surface area contributed by atoms with Gasteiger partial charge in [-0.25, -0.2) is 0 Å². The fourth-order valence-corrected chi connectivity index (χ4v) is 4.33. The summed E-state index contributed by atoms with van der Waals surface area (Å²) in [6.45, 7) is 8.55. The first-order valence-electron chi connectivity index (χ1n) is 7.45. The lowest BCUT2D eigenvalue weighted by molar-refractivity contribution is 0.00812. The average Bonchev–Trinajstić information content (AvgIpc) is 2.65. The monoisotopic (exact) mass is 264 g/mol. The molecule has 0 aromatic carbocycles.